The summed E-state index contributed by atoms with van der Waals surface area (Å²) >= 11 is 6.52. The van der Waals surface area contributed by atoms with E-state index in [2.05, 4.69) is 32.0 Å². The average Bonchev–Trinajstić information content (AvgIpc) is 2.94. The maximum absolute atomic E-state index is 6.52. The standard InChI is InChI=1S/C21H32ClN5O/c1-17-20(21(22)25(2)24-17)16-27(14-18-4-8-23-9-5-18)15-19-6-10-26(11-7-19)12-13-28-3/h4-5,8-9,19H,6-7,10-16H2,1-3H3. The zero-order chi connectivity index (χ0) is 19.9. The molecular weight excluding hydrogens is 374 g/mol. The Balaban J connectivity index is 1.65. The molecule has 0 amide bonds. The van der Waals surface area contributed by atoms with E-state index in [1.807, 2.05) is 26.4 Å². The van der Waals surface area contributed by atoms with E-state index in [1.54, 1.807) is 11.8 Å². The van der Waals surface area contributed by atoms with Gasteiger partial charge < -0.3 is 9.64 Å². The first kappa shape index (κ1) is 21.2. The van der Waals surface area contributed by atoms with E-state index in [0.29, 0.717) is 5.92 Å². The number of piperidine rings is 1. The highest BCUT2D eigenvalue weighted by molar-refractivity contribution is 6.30. The first-order chi connectivity index (χ1) is 13.6. The molecule has 1 fully saturated rings. The van der Waals surface area contributed by atoms with Gasteiger partial charge in [0.05, 0.1) is 12.3 Å². The largest absolute Gasteiger partial charge is 0.383 e. The van der Waals surface area contributed by atoms with Crippen molar-refractivity contribution < 1.29 is 4.74 Å². The quantitative estimate of drug-likeness (QED) is 0.641. The third kappa shape index (κ3) is 5.77. The number of likely N-dealkylation sites (tertiary alicyclic amines) is 1. The number of methoxy groups -OCH3 is 1. The summed E-state index contributed by atoms with van der Waals surface area (Å²) in [5, 5.41) is 5.23. The van der Waals surface area contributed by atoms with Crippen molar-refractivity contribution in [1.82, 2.24) is 24.6 Å². The molecule has 2 aromatic heterocycles. The van der Waals surface area contributed by atoms with Gasteiger partial charge in [-0.15, -0.1) is 0 Å². The number of nitrogens with zero attached hydrogens (tertiary/aromatic N) is 5. The number of halogens is 1. The maximum Gasteiger partial charge on any atom is 0.131 e. The fraction of sp³-hybridized carbons (Fsp3) is 0.619. The Morgan fingerprint density at radius 2 is 1.93 bits per heavy atom. The highest BCUT2D eigenvalue weighted by Crippen LogP contribution is 2.24. The van der Waals surface area contributed by atoms with E-state index in [1.165, 1.54) is 18.4 Å². The smallest absolute Gasteiger partial charge is 0.131 e. The van der Waals surface area contributed by atoms with Crippen molar-refractivity contribution in [3.05, 3.63) is 46.5 Å². The van der Waals surface area contributed by atoms with Crippen LogP contribution in [0.4, 0.5) is 0 Å². The second-order valence-corrected chi connectivity index (χ2v) is 8.14. The fourth-order valence-electron chi connectivity index (χ4n) is 3.99. The van der Waals surface area contributed by atoms with Gasteiger partial charge in [0.25, 0.3) is 0 Å². The van der Waals surface area contributed by atoms with Crippen LogP contribution in [0.2, 0.25) is 5.15 Å². The summed E-state index contributed by atoms with van der Waals surface area (Å²) in [5.41, 5.74) is 3.43. The third-order valence-electron chi connectivity index (χ3n) is 5.64. The van der Waals surface area contributed by atoms with Gasteiger partial charge >= 0.3 is 0 Å². The van der Waals surface area contributed by atoms with Crippen LogP contribution in [0.15, 0.2) is 24.5 Å². The molecule has 0 N–H and O–H groups in total. The fourth-order valence-corrected chi connectivity index (χ4v) is 4.22. The Kier molecular flexibility index (Phi) is 7.85. The van der Waals surface area contributed by atoms with Crippen LogP contribution in [0.3, 0.4) is 0 Å². The highest BCUT2D eigenvalue weighted by atomic mass is 35.5. The summed E-state index contributed by atoms with van der Waals surface area (Å²) in [4.78, 5) is 9.17. The van der Waals surface area contributed by atoms with Crippen molar-refractivity contribution in [1.29, 1.82) is 0 Å². The molecule has 0 aromatic carbocycles. The molecule has 2 aromatic rings. The van der Waals surface area contributed by atoms with E-state index >= 15 is 0 Å². The van der Waals surface area contributed by atoms with E-state index in [0.717, 1.165) is 62.3 Å². The average molecular weight is 406 g/mol. The second-order valence-electron chi connectivity index (χ2n) is 7.78. The Morgan fingerprint density at radius 1 is 1.21 bits per heavy atom. The monoisotopic (exact) mass is 405 g/mol. The Bertz CT molecular complexity index is 728. The number of aromatic nitrogens is 3. The van der Waals surface area contributed by atoms with Gasteiger partial charge in [-0.3, -0.25) is 14.6 Å². The lowest BCUT2D eigenvalue weighted by Gasteiger charge is -2.35. The summed E-state index contributed by atoms with van der Waals surface area (Å²) in [6.07, 6.45) is 6.20. The van der Waals surface area contributed by atoms with Gasteiger partial charge in [-0.25, -0.2) is 0 Å². The first-order valence-corrected chi connectivity index (χ1v) is 10.4. The van der Waals surface area contributed by atoms with Crippen LogP contribution in [0, 0.1) is 12.8 Å². The molecule has 154 valence electrons. The molecule has 1 aliphatic rings. The summed E-state index contributed by atoms with van der Waals surface area (Å²) in [5.74, 6) is 0.705. The van der Waals surface area contributed by atoms with E-state index in [-0.39, 0.29) is 0 Å². The van der Waals surface area contributed by atoms with Gasteiger partial charge in [-0.1, -0.05) is 11.6 Å². The molecule has 0 unspecified atom stereocenters. The number of hydrogen-bond acceptors (Lipinski definition) is 5. The van der Waals surface area contributed by atoms with Crippen LogP contribution < -0.4 is 0 Å². The normalized spacial score (nSPS) is 16.2. The van der Waals surface area contributed by atoms with E-state index < -0.39 is 0 Å². The SMILES string of the molecule is COCCN1CCC(CN(Cc2ccncc2)Cc2c(C)nn(C)c2Cl)CC1. The lowest BCUT2D eigenvalue weighted by molar-refractivity contribution is 0.103. The van der Waals surface area contributed by atoms with Crippen molar-refractivity contribution >= 4 is 11.6 Å². The maximum atomic E-state index is 6.52. The molecule has 3 rings (SSSR count). The number of aryl methyl sites for hydroxylation is 2. The van der Waals surface area contributed by atoms with Crippen LogP contribution in [0.5, 0.6) is 0 Å². The van der Waals surface area contributed by atoms with Gasteiger partial charge in [0, 0.05) is 58.3 Å². The van der Waals surface area contributed by atoms with Crippen molar-refractivity contribution in [2.75, 3.05) is 39.9 Å². The van der Waals surface area contributed by atoms with Crippen LogP contribution in [0.25, 0.3) is 0 Å². The predicted molar refractivity (Wildman–Crippen MR) is 112 cm³/mol. The van der Waals surface area contributed by atoms with Crippen molar-refractivity contribution in [2.45, 2.75) is 32.9 Å². The van der Waals surface area contributed by atoms with Gasteiger partial charge in [0.2, 0.25) is 0 Å². The lowest BCUT2D eigenvalue weighted by atomic mass is 9.95. The predicted octanol–water partition coefficient (Wildman–Crippen LogP) is 3.14. The minimum Gasteiger partial charge on any atom is -0.383 e. The zero-order valence-electron chi connectivity index (χ0n) is 17.3. The van der Waals surface area contributed by atoms with Crippen LogP contribution in [-0.4, -0.2) is 64.5 Å². The van der Waals surface area contributed by atoms with Crippen LogP contribution in [0.1, 0.15) is 29.7 Å². The molecule has 7 heteroatoms. The van der Waals surface area contributed by atoms with Gasteiger partial charge in [0.1, 0.15) is 5.15 Å². The summed E-state index contributed by atoms with van der Waals surface area (Å²) in [6, 6.07) is 4.19. The summed E-state index contributed by atoms with van der Waals surface area (Å²) < 4.78 is 6.99. The van der Waals surface area contributed by atoms with Crippen molar-refractivity contribution in [3.8, 4) is 0 Å². The first-order valence-electron chi connectivity index (χ1n) is 10.1. The van der Waals surface area contributed by atoms with Gasteiger partial charge in [0.15, 0.2) is 0 Å². The second kappa shape index (κ2) is 10.3. The zero-order valence-corrected chi connectivity index (χ0v) is 18.0. The van der Waals surface area contributed by atoms with Gasteiger partial charge in [-0.2, -0.15) is 5.10 Å². The summed E-state index contributed by atoms with van der Waals surface area (Å²) in [6.45, 7) is 9.01. The number of pyridine rings is 1. The molecule has 3 heterocycles. The molecule has 0 saturated carbocycles. The molecule has 0 atom stereocenters. The number of ether oxygens (including phenoxy) is 1. The highest BCUT2D eigenvalue weighted by Gasteiger charge is 2.23. The summed E-state index contributed by atoms with van der Waals surface area (Å²) in [7, 11) is 3.68. The van der Waals surface area contributed by atoms with Gasteiger partial charge in [-0.05, 0) is 56.5 Å². The Hall–Kier alpha value is -1.47. The number of rotatable bonds is 9. The molecule has 0 bridgehead atoms. The van der Waals surface area contributed by atoms with Crippen molar-refractivity contribution in [3.63, 3.8) is 0 Å². The molecule has 0 aliphatic carbocycles. The topological polar surface area (TPSA) is 46.4 Å². The molecule has 0 spiro atoms. The molecule has 6 nitrogen and oxygen atoms in total. The Labute approximate surface area is 173 Å². The molecule has 0 radical (unpaired) electrons. The lowest BCUT2D eigenvalue weighted by Crippen LogP contribution is -2.39. The van der Waals surface area contributed by atoms with Crippen LogP contribution >= 0.6 is 11.6 Å². The third-order valence-corrected chi connectivity index (χ3v) is 6.12. The van der Waals surface area contributed by atoms with E-state index in [9.17, 15) is 0 Å². The molecule has 1 aliphatic heterocycles. The molecule has 28 heavy (non-hydrogen) atoms. The number of hydrogen-bond donors (Lipinski definition) is 0. The Morgan fingerprint density at radius 3 is 2.54 bits per heavy atom. The minimum atomic E-state index is 0.705. The molecular formula is C21H32ClN5O. The van der Waals surface area contributed by atoms with Crippen molar-refractivity contribution in [2.24, 2.45) is 13.0 Å². The minimum absolute atomic E-state index is 0.705. The van der Waals surface area contributed by atoms with Crippen LogP contribution in [-0.2, 0) is 24.9 Å². The van der Waals surface area contributed by atoms with E-state index in [4.69, 9.17) is 16.3 Å². The molecule has 1 saturated heterocycles.